The second-order valence-electron chi connectivity index (χ2n) is 8.19. The maximum absolute atomic E-state index is 12.9. The van der Waals surface area contributed by atoms with Crippen molar-refractivity contribution >= 4 is 28.7 Å². The quantitative estimate of drug-likeness (QED) is 0.196. The molecule has 0 unspecified atom stereocenters. The van der Waals surface area contributed by atoms with E-state index in [1.807, 2.05) is 6.07 Å². The van der Waals surface area contributed by atoms with Crippen LogP contribution >= 0.6 is 0 Å². The number of phenols is 1. The average Bonchev–Trinajstić information content (AvgIpc) is 3.36. The number of benzene rings is 3. The minimum atomic E-state index is -0.654. The number of ketones is 1. The highest BCUT2D eigenvalue weighted by Crippen LogP contribution is 2.26. The lowest BCUT2D eigenvalue weighted by atomic mass is 10.0. The molecule has 5 rings (SSSR count). The fourth-order valence-corrected chi connectivity index (χ4v) is 3.77. The Kier molecular flexibility index (Phi) is 6.04. The minimum Gasteiger partial charge on any atom is -0.507 e. The fourth-order valence-electron chi connectivity index (χ4n) is 3.77. The van der Waals surface area contributed by atoms with Crippen molar-refractivity contribution in [2.45, 2.75) is 0 Å². The molecular formula is C27H16N6O5. The first-order valence-electron chi connectivity index (χ1n) is 11.1. The van der Waals surface area contributed by atoms with Crippen LogP contribution in [0.5, 0.6) is 5.75 Å². The van der Waals surface area contributed by atoms with E-state index in [4.69, 9.17) is 5.26 Å². The zero-order valence-corrected chi connectivity index (χ0v) is 19.4. The van der Waals surface area contributed by atoms with E-state index in [0.717, 1.165) is 18.2 Å². The summed E-state index contributed by atoms with van der Waals surface area (Å²) < 4.78 is 1.39. The molecule has 0 saturated carbocycles. The molecule has 0 aliphatic carbocycles. The molecule has 2 heterocycles. The van der Waals surface area contributed by atoms with E-state index in [1.54, 1.807) is 54.6 Å². The Morgan fingerprint density at radius 1 is 1.03 bits per heavy atom. The van der Waals surface area contributed by atoms with E-state index in [2.05, 4.69) is 15.4 Å². The Morgan fingerprint density at radius 3 is 2.55 bits per heavy atom. The molecular weight excluding hydrogens is 488 g/mol. The number of carbonyl (C=O) groups excluding carboxylic acids is 2. The van der Waals surface area contributed by atoms with Gasteiger partial charge in [-0.2, -0.15) is 10.4 Å². The van der Waals surface area contributed by atoms with E-state index in [-0.39, 0.29) is 28.5 Å². The summed E-state index contributed by atoms with van der Waals surface area (Å²) in [5.74, 6) is -1.37. The third-order valence-electron chi connectivity index (χ3n) is 5.70. The van der Waals surface area contributed by atoms with Gasteiger partial charge >= 0.3 is 0 Å². The Bertz CT molecular complexity index is 1790. The summed E-state index contributed by atoms with van der Waals surface area (Å²) in [6, 6.07) is 20.2. The lowest BCUT2D eigenvalue weighted by Gasteiger charge is -2.06. The molecule has 0 aliphatic rings. The number of nitro benzene ring substituents is 1. The summed E-state index contributed by atoms with van der Waals surface area (Å²) >= 11 is 0. The Labute approximate surface area is 214 Å². The molecule has 0 bridgehead atoms. The van der Waals surface area contributed by atoms with E-state index < -0.39 is 10.7 Å². The van der Waals surface area contributed by atoms with E-state index in [0.29, 0.717) is 33.7 Å². The van der Waals surface area contributed by atoms with Gasteiger partial charge in [0.25, 0.3) is 11.6 Å². The highest BCUT2D eigenvalue weighted by molar-refractivity contribution is 6.10. The third kappa shape index (κ3) is 4.65. The smallest absolute Gasteiger partial charge is 0.270 e. The van der Waals surface area contributed by atoms with Crippen molar-refractivity contribution in [1.82, 2.24) is 14.6 Å². The second-order valence-corrected chi connectivity index (χ2v) is 8.19. The number of carbonyl (C=O) groups is 2. The molecule has 0 saturated heterocycles. The van der Waals surface area contributed by atoms with Gasteiger partial charge in [0, 0.05) is 47.4 Å². The van der Waals surface area contributed by atoms with E-state index in [1.165, 1.54) is 16.9 Å². The van der Waals surface area contributed by atoms with Crippen LogP contribution in [0.1, 0.15) is 31.8 Å². The Morgan fingerprint density at radius 2 is 1.82 bits per heavy atom. The summed E-state index contributed by atoms with van der Waals surface area (Å²) in [7, 11) is 0. The molecule has 0 spiro atoms. The molecule has 1 amide bonds. The van der Waals surface area contributed by atoms with Crippen molar-refractivity contribution in [3.05, 3.63) is 118 Å². The summed E-state index contributed by atoms with van der Waals surface area (Å²) in [6.45, 7) is 0. The highest BCUT2D eigenvalue weighted by Gasteiger charge is 2.19. The zero-order valence-electron chi connectivity index (χ0n) is 19.4. The molecule has 0 fully saturated rings. The van der Waals surface area contributed by atoms with Crippen LogP contribution in [0.2, 0.25) is 0 Å². The Hall–Kier alpha value is -5.89. The van der Waals surface area contributed by atoms with Crippen LogP contribution in [-0.4, -0.2) is 36.3 Å². The summed E-state index contributed by atoms with van der Waals surface area (Å²) in [4.78, 5) is 40.1. The molecule has 5 aromatic rings. The lowest BCUT2D eigenvalue weighted by Crippen LogP contribution is -2.11. The van der Waals surface area contributed by atoms with Gasteiger partial charge < -0.3 is 10.4 Å². The molecule has 2 N–H and O–H groups in total. The van der Waals surface area contributed by atoms with Crippen LogP contribution in [0, 0.1) is 21.4 Å². The fraction of sp³-hybridized carbons (Fsp3) is 0. The highest BCUT2D eigenvalue weighted by atomic mass is 16.6. The second kappa shape index (κ2) is 9.63. The standard InChI is InChI=1S/C27H16N6O5/c28-13-16-2-1-3-20(10-16)30-27(36)18-6-4-17(5-7-18)23-12-25-29-14-19(15-32(25)31-23)26(35)22-11-21(33(37)38)8-9-24(22)34/h1-12,14-15,34H,(H,30,36). The number of nitro groups is 1. The zero-order chi connectivity index (χ0) is 26.8. The molecule has 0 atom stereocenters. The van der Waals surface area contributed by atoms with Crippen molar-refractivity contribution in [3.8, 4) is 23.1 Å². The number of rotatable bonds is 6. The van der Waals surface area contributed by atoms with Crippen LogP contribution < -0.4 is 5.32 Å². The van der Waals surface area contributed by atoms with Gasteiger partial charge in [-0.05, 0) is 36.4 Å². The van der Waals surface area contributed by atoms with Gasteiger partial charge in [-0.3, -0.25) is 19.7 Å². The van der Waals surface area contributed by atoms with Crippen molar-refractivity contribution in [3.63, 3.8) is 0 Å². The largest absolute Gasteiger partial charge is 0.507 e. The molecule has 0 aliphatic heterocycles. The number of non-ortho nitro benzene ring substituents is 1. The number of phenolic OH excluding ortho intramolecular Hbond substituents is 1. The first-order valence-corrected chi connectivity index (χ1v) is 11.1. The number of hydrogen-bond donors (Lipinski definition) is 2. The first-order chi connectivity index (χ1) is 18.3. The van der Waals surface area contributed by atoms with Gasteiger partial charge in [0.05, 0.1) is 33.4 Å². The SMILES string of the molecule is N#Cc1cccc(NC(=O)c2ccc(-c3cc4ncc(C(=O)c5cc([N+](=O)[O-])ccc5O)cn4n3)cc2)c1. The van der Waals surface area contributed by atoms with Gasteiger partial charge in [-0.1, -0.05) is 18.2 Å². The summed E-state index contributed by atoms with van der Waals surface area (Å²) in [5.41, 5.74) is 2.56. The van der Waals surface area contributed by atoms with Crippen LogP contribution in [0.15, 0.2) is 85.2 Å². The minimum absolute atomic E-state index is 0.0791. The first kappa shape index (κ1) is 23.8. The van der Waals surface area contributed by atoms with Crippen molar-refractivity contribution in [2.75, 3.05) is 5.32 Å². The third-order valence-corrected chi connectivity index (χ3v) is 5.70. The van der Waals surface area contributed by atoms with E-state index >= 15 is 0 Å². The Balaban J connectivity index is 1.37. The molecule has 184 valence electrons. The molecule has 2 aromatic heterocycles. The maximum Gasteiger partial charge on any atom is 0.270 e. The number of fused-ring (bicyclic) bond motifs is 1. The molecule has 3 aromatic carbocycles. The topological polar surface area (TPSA) is 164 Å². The van der Waals surface area contributed by atoms with Crippen molar-refractivity contribution < 1.29 is 19.6 Å². The number of anilines is 1. The van der Waals surface area contributed by atoms with Crippen LogP contribution in [0.25, 0.3) is 16.9 Å². The van der Waals surface area contributed by atoms with Crippen LogP contribution in [0.4, 0.5) is 11.4 Å². The van der Waals surface area contributed by atoms with Crippen molar-refractivity contribution in [1.29, 1.82) is 5.26 Å². The number of amides is 1. The van der Waals surface area contributed by atoms with Crippen LogP contribution in [0.3, 0.4) is 0 Å². The normalized spacial score (nSPS) is 10.6. The number of aromatic hydroxyl groups is 1. The molecule has 11 heteroatoms. The molecule has 0 radical (unpaired) electrons. The van der Waals surface area contributed by atoms with Crippen LogP contribution in [-0.2, 0) is 0 Å². The number of nitrogens with one attached hydrogen (secondary N) is 1. The number of nitriles is 1. The predicted molar refractivity (Wildman–Crippen MR) is 136 cm³/mol. The van der Waals surface area contributed by atoms with Gasteiger partial charge in [-0.25, -0.2) is 9.50 Å². The maximum atomic E-state index is 12.9. The monoisotopic (exact) mass is 504 g/mol. The number of hydrogen-bond acceptors (Lipinski definition) is 8. The van der Waals surface area contributed by atoms with E-state index in [9.17, 15) is 24.8 Å². The van der Waals surface area contributed by atoms with Gasteiger partial charge in [0.1, 0.15) is 5.75 Å². The summed E-state index contributed by atoms with van der Waals surface area (Å²) in [6.07, 6.45) is 2.72. The molecule has 11 nitrogen and oxygen atoms in total. The lowest BCUT2D eigenvalue weighted by molar-refractivity contribution is -0.384. The van der Waals surface area contributed by atoms with Gasteiger partial charge in [0.2, 0.25) is 0 Å². The number of aromatic nitrogens is 3. The molecule has 38 heavy (non-hydrogen) atoms. The predicted octanol–water partition coefficient (Wildman–Crippen LogP) is 4.37. The average molecular weight is 504 g/mol. The van der Waals surface area contributed by atoms with Gasteiger partial charge in [-0.15, -0.1) is 0 Å². The summed E-state index contributed by atoms with van der Waals surface area (Å²) in [5, 5.41) is 37.3. The van der Waals surface area contributed by atoms with Gasteiger partial charge in [0.15, 0.2) is 11.4 Å². The van der Waals surface area contributed by atoms with Crippen molar-refractivity contribution in [2.24, 2.45) is 0 Å². The number of nitrogens with zero attached hydrogens (tertiary/aromatic N) is 5.